The quantitative estimate of drug-likeness (QED) is 0.768. The highest BCUT2D eigenvalue weighted by molar-refractivity contribution is 5.92. The van der Waals surface area contributed by atoms with Crippen LogP contribution in [0.2, 0.25) is 0 Å². The highest BCUT2D eigenvalue weighted by Gasteiger charge is 2.21. The second-order valence-corrected chi connectivity index (χ2v) is 6.17. The molecule has 0 unspecified atom stereocenters. The summed E-state index contributed by atoms with van der Waals surface area (Å²) in [6.07, 6.45) is 2.12. The number of benzene rings is 1. The summed E-state index contributed by atoms with van der Waals surface area (Å²) in [6.45, 7) is 4.47. The lowest BCUT2D eigenvalue weighted by Crippen LogP contribution is -2.29. The third-order valence-electron chi connectivity index (χ3n) is 4.18. The van der Waals surface area contributed by atoms with E-state index < -0.39 is 0 Å². The van der Waals surface area contributed by atoms with Gasteiger partial charge >= 0.3 is 0 Å². The summed E-state index contributed by atoms with van der Waals surface area (Å²) >= 11 is 0. The second-order valence-electron chi connectivity index (χ2n) is 6.17. The Bertz CT molecular complexity index is 743. The van der Waals surface area contributed by atoms with Crippen molar-refractivity contribution in [3.05, 3.63) is 41.7 Å². The lowest BCUT2D eigenvalue weighted by molar-refractivity contribution is 0.0787. The van der Waals surface area contributed by atoms with Crippen LogP contribution < -0.4 is 14.8 Å². The fourth-order valence-corrected chi connectivity index (χ4v) is 2.84. The number of ether oxygens (including phenoxy) is 2. The molecule has 1 aromatic carbocycles. The van der Waals surface area contributed by atoms with E-state index in [0.717, 1.165) is 43.1 Å². The highest BCUT2D eigenvalue weighted by Crippen LogP contribution is 2.17. The Labute approximate surface area is 153 Å². The van der Waals surface area contributed by atoms with E-state index in [1.807, 2.05) is 36.1 Å². The van der Waals surface area contributed by atoms with E-state index in [0.29, 0.717) is 24.8 Å². The first-order valence-corrected chi connectivity index (χ1v) is 8.81. The molecule has 1 aromatic heterocycles. The third kappa shape index (κ3) is 4.62. The molecule has 26 heavy (non-hydrogen) atoms. The molecule has 0 aliphatic carbocycles. The van der Waals surface area contributed by atoms with E-state index in [1.54, 1.807) is 13.2 Å². The van der Waals surface area contributed by atoms with Crippen molar-refractivity contribution in [2.24, 2.45) is 0 Å². The maximum absolute atomic E-state index is 12.5. The van der Waals surface area contributed by atoms with Gasteiger partial charge < -0.3 is 19.7 Å². The number of hydrogen-bond donors (Lipinski definition) is 1. The SMILES string of the molecule is COc1ccc(OCCNc2nc(C)cc(C(=O)N3CCCC3)n2)cc1. The zero-order valence-electron chi connectivity index (χ0n) is 15.2. The molecule has 1 amide bonds. The Kier molecular flexibility index (Phi) is 5.88. The van der Waals surface area contributed by atoms with Gasteiger partial charge in [-0.3, -0.25) is 4.79 Å². The zero-order chi connectivity index (χ0) is 18.4. The molecule has 1 saturated heterocycles. The van der Waals surface area contributed by atoms with Crippen LogP contribution in [0.1, 0.15) is 29.0 Å². The number of carbonyl (C=O) groups is 1. The topological polar surface area (TPSA) is 76.6 Å². The van der Waals surface area contributed by atoms with Crippen LogP contribution in [0.15, 0.2) is 30.3 Å². The van der Waals surface area contributed by atoms with E-state index in [9.17, 15) is 4.79 Å². The zero-order valence-corrected chi connectivity index (χ0v) is 15.2. The molecular formula is C19H24N4O3. The van der Waals surface area contributed by atoms with Crippen molar-refractivity contribution in [3.63, 3.8) is 0 Å². The third-order valence-corrected chi connectivity index (χ3v) is 4.18. The highest BCUT2D eigenvalue weighted by atomic mass is 16.5. The van der Waals surface area contributed by atoms with Gasteiger partial charge in [-0.15, -0.1) is 0 Å². The predicted octanol–water partition coefficient (Wildman–Crippen LogP) is 2.52. The Hall–Kier alpha value is -2.83. The molecule has 7 nitrogen and oxygen atoms in total. The molecule has 1 aliphatic rings. The number of aromatic nitrogens is 2. The van der Waals surface area contributed by atoms with Crippen LogP contribution in [0.25, 0.3) is 0 Å². The normalized spacial score (nSPS) is 13.5. The van der Waals surface area contributed by atoms with Gasteiger partial charge in [0, 0.05) is 18.8 Å². The monoisotopic (exact) mass is 356 g/mol. The molecule has 1 aliphatic heterocycles. The summed E-state index contributed by atoms with van der Waals surface area (Å²) in [5.74, 6) is 1.98. The Morgan fingerprint density at radius 1 is 1.15 bits per heavy atom. The van der Waals surface area contributed by atoms with Crippen LogP contribution in [-0.2, 0) is 0 Å². The molecule has 0 spiro atoms. The van der Waals surface area contributed by atoms with Gasteiger partial charge in [-0.25, -0.2) is 9.97 Å². The second kappa shape index (κ2) is 8.51. The van der Waals surface area contributed by atoms with E-state index >= 15 is 0 Å². The van der Waals surface area contributed by atoms with Crippen LogP contribution in [0.5, 0.6) is 11.5 Å². The summed E-state index contributed by atoms with van der Waals surface area (Å²) in [4.78, 5) is 23.0. The Morgan fingerprint density at radius 2 is 1.85 bits per heavy atom. The number of rotatable bonds is 7. The first-order chi connectivity index (χ1) is 12.7. The number of likely N-dealkylation sites (tertiary alicyclic amines) is 1. The molecule has 2 heterocycles. The molecule has 3 rings (SSSR count). The molecule has 138 valence electrons. The summed E-state index contributed by atoms with van der Waals surface area (Å²) in [6, 6.07) is 9.15. The molecule has 0 atom stereocenters. The Balaban J connectivity index is 1.53. The first-order valence-electron chi connectivity index (χ1n) is 8.81. The van der Waals surface area contributed by atoms with Crippen molar-refractivity contribution >= 4 is 11.9 Å². The molecule has 0 radical (unpaired) electrons. The standard InChI is InChI=1S/C19H24N4O3/c1-14-13-17(18(24)23-10-3-4-11-23)22-19(21-14)20-9-12-26-16-7-5-15(25-2)6-8-16/h5-8,13H,3-4,9-12H2,1-2H3,(H,20,21,22). The average Bonchev–Trinajstić information content (AvgIpc) is 3.19. The Morgan fingerprint density at radius 3 is 2.54 bits per heavy atom. The minimum atomic E-state index is -0.0227. The van der Waals surface area contributed by atoms with Crippen LogP contribution in [0, 0.1) is 6.92 Å². The number of nitrogens with zero attached hydrogens (tertiary/aromatic N) is 3. The predicted molar refractivity (Wildman–Crippen MR) is 98.9 cm³/mol. The van der Waals surface area contributed by atoms with Gasteiger partial charge in [-0.2, -0.15) is 0 Å². The van der Waals surface area contributed by atoms with E-state index in [4.69, 9.17) is 9.47 Å². The van der Waals surface area contributed by atoms with Crippen molar-refractivity contribution in [1.29, 1.82) is 0 Å². The van der Waals surface area contributed by atoms with Crippen LogP contribution in [-0.4, -0.2) is 54.1 Å². The molecule has 2 aromatic rings. The number of methoxy groups -OCH3 is 1. The maximum Gasteiger partial charge on any atom is 0.272 e. The van der Waals surface area contributed by atoms with Crippen molar-refractivity contribution in [2.45, 2.75) is 19.8 Å². The summed E-state index contributed by atoms with van der Waals surface area (Å²) in [5, 5.41) is 3.12. The lowest BCUT2D eigenvalue weighted by atomic mass is 10.3. The molecule has 0 bridgehead atoms. The largest absolute Gasteiger partial charge is 0.497 e. The van der Waals surface area contributed by atoms with E-state index in [2.05, 4.69) is 15.3 Å². The fourth-order valence-electron chi connectivity index (χ4n) is 2.84. The van der Waals surface area contributed by atoms with Gasteiger partial charge in [0.05, 0.1) is 13.7 Å². The summed E-state index contributed by atoms with van der Waals surface area (Å²) in [7, 11) is 1.63. The van der Waals surface area contributed by atoms with Crippen molar-refractivity contribution < 1.29 is 14.3 Å². The van der Waals surface area contributed by atoms with Gasteiger partial charge in [-0.1, -0.05) is 0 Å². The number of anilines is 1. The van der Waals surface area contributed by atoms with E-state index in [-0.39, 0.29) is 5.91 Å². The van der Waals surface area contributed by atoms with Crippen LogP contribution >= 0.6 is 0 Å². The van der Waals surface area contributed by atoms with Crippen molar-refractivity contribution in [3.8, 4) is 11.5 Å². The van der Waals surface area contributed by atoms with Gasteiger partial charge in [0.1, 0.15) is 23.8 Å². The lowest BCUT2D eigenvalue weighted by Gasteiger charge is -2.15. The van der Waals surface area contributed by atoms with Crippen LogP contribution in [0.4, 0.5) is 5.95 Å². The van der Waals surface area contributed by atoms with Crippen LogP contribution in [0.3, 0.4) is 0 Å². The molecule has 1 fully saturated rings. The molecule has 1 N–H and O–H groups in total. The maximum atomic E-state index is 12.5. The smallest absolute Gasteiger partial charge is 0.272 e. The van der Waals surface area contributed by atoms with Gasteiger partial charge in [0.25, 0.3) is 5.91 Å². The van der Waals surface area contributed by atoms with Gasteiger partial charge in [0.2, 0.25) is 5.95 Å². The van der Waals surface area contributed by atoms with Gasteiger partial charge in [0.15, 0.2) is 0 Å². The number of nitrogens with one attached hydrogen (secondary N) is 1. The van der Waals surface area contributed by atoms with Crippen molar-refractivity contribution in [1.82, 2.24) is 14.9 Å². The molecule has 0 saturated carbocycles. The number of amides is 1. The fraction of sp³-hybridized carbons (Fsp3) is 0.421. The number of carbonyl (C=O) groups excluding carboxylic acids is 1. The molecular weight excluding hydrogens is 332 g/mol. The first kappa shape index (κ1) is 18.0. The minimum absolute atomic E-state index is 0.0227. The number of hydrogen-bond acceptors (Lipinski definition) is 6. The van der Waals surface area contributed by atoms with E-state index in [1.165, 1.54) is 0 Å². The van der Waals surface area contributed by atoms with Crippen molar-refractivity contribution in [2.75, 3.05) is 38.7 Å². The molecule has 7 heteroatoms. The number of aryl methyl sites for hydroxylation is 1. The van der Waals surface area contributed by atoms with Gasteiger partial charge in [-0.05, 0) is 50.1 Å². The minimum Gasteiger partial charge on any atom is -0.497 e. The summed E-state index contributed by atoms with van der Waals surface area (Å²) < 4.78 is 10.8. The average molecular weight is 356 g/mol. The summed E-state index contributed by atoms with van der Waals surface area (Å²) in [5.41, 5.74) is 1.21.